The molecule has 2 unspecified atom stereocenters. The van der Waals surface area contributed by atoms with Gasteiger partial charge in [0.2, 0.25) is 0 Å². The van der Waals surface area contributed by atoms with Gasteiger partial charge in [-0.2, -0.15) is 0 Å². The molecule has 62 heavy (non-hydrogen) atoms. The van der Waals surface area contributed by atoms with Gasteiger partial charge in [-0.05, 0) is 143 Å². The van der Waals surface area contributed by atoms with Crippen molar-refractivity contribution in [3.05, 3.63) is 152 Å². The number of furan rings is 1. The number of aromatic nitrogens is 1. The van der Waals surface area contributed by atoms with Crippen molar-refractivity contribution in [2.45, 2.75) is 79.1 Å². The summed E-state index contributed by atoms with van der Waals surface area (Å²) in [4.78, 5) is 0. The second-order valence-corrected chi connectivity index (χ2v) is 17.2. The minimum atomic E-state index is 0.588. The molecule has 0 saturated heterocycles. The first kappa shape index (κ1) is 41.1. The van der Waals surface area contributed by atoms with E-state index in [4.69, 9.17) is 13.9 Å². The Kier molecular flexibility index (Phi) is 12.5. The molecular formula is C58H59NO3. The molecular weight excluding hydrogens is 759 g/mol. The zero-order valence-corrected chi connectivity index (χ0v) is 36.8. The lowest BCUT2D eigenvalue weighted by Crippen LogP contribution is -2.11. The van der Waals surface area contributed by atoms with Gasteiger partial charge in [0.25, 0.3) is 0 Å². The highest BCUT2D eigenvalue weighted by Gasteiger charge is 2.16. The number of benzene rings is 7. The Balaban J connectivity index is 1.08. The summed E-state index contributed by atoms with van der Waals surface area (Å²) in [5.74, 6) is 3.02. The molecule has 314 valence electrons. The molecule has 2 atom stereocenters. The van der Waals surface area contributed by atoms with Crippen LogP contribution in [0.2, 0.25) is 0 Å². The monoisotopic (exact) mass is 817 g/mol. The van der Waals surface area contributed by atoms with Crippen LogP contribution in [0.25, 0.3) is 82.8 Å². The lowest BCUT2D eigenvalue weighted by molar-refractivity contribution is 0.233. The molecule has 2 aromatic heterocycles. The Morgan fingerprint density at radius 3 is 1.39 bits per heavy atom. The van der Waals surface area contributed by atoms with E-state index in [0.717, 1.165) is 98.6 Å². The van der Waals surface area contributed by atoms with Gasteiger partial charge in [-0.25, -0.2) is 0 Å². The Hall–Kier alpha value is -6.26. The zero-order chi connectivity index (χ0) is 42.4. The van der Waals surface area contributed by atoms with E-state index in [-0.39, 0.29) is 0 Å². The minimum Gasteiger partial charge on any atom is -0.493 e. The van der Waals surface area contributed by atoms with Gasteiger partial charge in [0.15, 0.2) is 0 Å². The predicted octanol–water partition coefficient (Wildman–Crippen LogP) is 16.9. The number of ether oxygens (including phenoxy) is 2. The normalized spacial score (nSPS) is 12.7. The van der Waals surface area contributed by atoms with Gasteiger partial charge < -0.3 is 18.5 Å². The second kappa shape index (κ2) is 18.8. The highest BCUT2D eigenvalue weighted by molar-refractivity contribution is 6.11. The average molecular weight is 818 g/mol. The predicted molar refractivity (Wildman–Crippen MR) is 262 cm³/mol. The topological polar surface area (TPSA) is 36.5 Å². The van der Waals surface area contributed by atoms with Gasteiger partial charge in [0.1, 0.15) is 22.7 Å². The fourth-order valence-corrected chi connectivity index (χ4v) is 9.12. The lowest BCUT2D eigenvalue weighted by Gasteiger charge is -2.16. The highest BCUT2D eigenvalue weighted by Crippen LogP contribution is 2.39. The number of rotatable bonds is 18. The summed E-state index contributed by atoms with van der Waals surface area (Å²) in [5.41, 5.74) is 12.2. The standard InChI is InChI=1S/C58H59NO3/c1-5-9-15-40(7-3)38-60-49-27-21-42(22-28-49)45-33-46(43-23-29-50(30-24-43)61-39-41(8-4)16-10-6-2)35-47(34-45)44-25-31-57-53(36-44)54-37-48(26-32-58(54)62-57)59-55-19-13-11-17-51(55)52-18-12-14-20-56(52)59/h11-14,17-37,40-41H,5-10,15-16,38-39H2,1-4H3. The van der Waals surface area contributed by atoms with Crippen LogP contribution in [-0.2, 0) is 0 Å². The van der Waals surface area contributed by atoms with Crippen molar-refractivity contribution in [3.8, 4) is 50.6 Å². The van der Waals surface area contributed by atoms with Crippen molar-refractivity contribution in [3.63, 3.8) is 0 Å². The maximum Gasteiger partial charge on any atom is 0.135 e. The summed E-state index contributed by atoms with van der Waals surface area (Å²) >= 11 is 0. The van der Waals surface area contributed by atoms with Gasteiger partial charge in [-0.15, -0.1) is 0 Å². The fourth-order valence-electron chi connectivity index (χ4n) is 9.12. The molecule has 0 N–H and O–H groups in total. The Morgan fingerprint density at radius 1 is 0.435 bits per heavy atom. The van der Waals surface area contributed by atoms with Gasteiger partial charge in [-0.1, -0.05) is 133 Å². The smallest absolute Gasteiger partial charge is 0.135 e. The summed E-state index contributed by atoms with van der Waals surface area (Å²) in [5, 5.41) is 4.71. The van der Waals surface area contributed by atoms with Crippen molar-refractivity contribution < 1.29 is 13.9 Å². The van der Waals surface area contributed by atoms with Crippen LogP contribution in [0.3, 0.4) is 0 Å². The molecule has 0 bridgehead atoms. The van der Waals surface area contributed by atoms with Gasteiger partial charge in [-0.3, -0.25) is 0 Å². The maximum absolute atomic E-state index is 6.49. The van der Waals surface area contributed by atoms with Crippen LogP contribution >= 0.6 is 0 Å². The third kappa shape index (κ3) is 8.61. The quantitative estimate of drug-likeness (QED) is 0.0865. The van der Waals surface area contributed by atoms with E-state index in [0.29, 0.717) is 11.8 Å². The van der Waals surface area contributed by atoms with Crippen LogP contribution in [0.1, 0.15) is 79.1 Å². The molecule has 0 saturated carbocycles. The maximum atomic E-state index is 6.49. The van der Waals surface area contributed by atoms with Crippen molar-refractivity contribution >= 4 is 43.7 Å². The molecule has 0 aliphatic heterocycles. The van der Waals surface area contributed by atoms with E-state index in [2.05, 4.69) is 184 Å². The third-order valence-corrected chi connectivity index (χ3v) is 13.0. The summed E-state index contributed by atoms with van der Waals surface area (Å²) in [6, 6.07) is 54.8. The number of fused-ring (bicyclic) bond motifs is 6. The molecule has 0 aliphatic carbocycles. The number of hydrogen-bond donors (Lipinski definition) is 0. The lowest BCUT2D eigenvalue weighted by atomic mass is 9.92. The molecule has 2 heterocycles. The third-order valence-electron chi connectivity index (χ3n) is 13.0. The highest BCUT2D eigenvalue weighted by atomic mass is 16.5. The Morgan fingerprint density at radius 2 is 0.887 bits per heavy atom. The first-order valence-corrected chi connectivity index (χ1v) is 23.1. The van der Waals surface area contributed by atoms with E-state index in [1.807, 2.05) is 0 Å². The number of nitrogens with zero attached hydrogens (tertiary/aromatic N) is 1. The molecule has 7 aromatic carbocycles. The molecule has 4 heteroatoms. The van der Waals surface area contributed by atoms with E-state index in [9.17, 15) is 0 Å². The van der Waals surface area contributed by atoms with Crippen LogP contribution in [0, 0.1) is 11.8 Å². The fraction of sp³-hybridized carbons (Fsp3) is 0.276. The second-order valence-electron chi connectivity index (χ2n) is 17.2. The number of hydrogen-bond acceptors (Lipinski definition) is 3. The number of unbranched alkanes of at least 4 members (excludes halogenated alkanes) is 2. The molecule has 9 aromatic rings. The first-order chi connectivity index (χ1) is 30.5. The summed E-state index contributed by atoms with van der Waals surface area (Å²) in [6.45, 7) is 10.6. The van der Waals surface area contributed by atoms with E-state index in [1.54, 1.807) is 0 Å². The Labute approximate surface area is 367 Å². The average Bonchev–Trinajstić information content (AvgIpc) is 3.87. The van der Waals surface area contributed by atoms with Crippen LogP contribution in [0.4, 0.5) is 0 Å². The molecule has 0 aliphatic rings. The molecule has 0 radical (unpaired) electrons. The Bertz CT molecular complexity index is 2780. The largest absolute Gasteiger partial charge is 0.493 e. The minimum absolute atomic E-state index is 0.588. The summed E-state index contributed by atoms with van der Waals surface area (Å²) < 4.78 is 21.5. The molecule has 0 amide bonds. The summed E-state index contributed by atoms with van der Waals surface area (Å²) in [7, 11) is 0. The molecule has 0 spiro atoms. The van der Waals surface area contributed by atoms with Gasteiger partial charge in [0, 0.05) is 27.2 Å². The van der Waals surface area contributed by atoms with Crippen LogP contribution in [0.15, 0.2) is 156 Å². The van der Waals surface area contributed by atoms with Gasteiger partial charge in [0.05, 0.1) is 24.2 Å². The first-order valence-electron chi connectivity index (χ1n) is 23.1. The van der Waals surface area contributed by atoms with E-state index in [1.165, 1.54) is 60.3 Å². The van der Waals surface area contributed by atoms with Gasteiger partial charge >= 0.3 is 0 Å². The molecule has 0 fully saturated rings. The van der Waals surface area contributed by atoms with E-state index >= 15 is 0 Å². The van der Waals surface area contributed by atoms with E-state index < -0.39 is 0 Å². The van der Waals surface area contributed by atoms with Crippen molar-refractivity contribution in [2.24, 2.45) is 11.8 Å². The SMILES string of the molecule is CCCCC(CC)COc1ccc(-c2cc(-c3ccc(OCC(CC)CCCC)cc3)cc(-c3ccc4oc5ccc(-n6c7ccccc7c7ccccc76)cc5c4c3)c2)cc1. The number of para-hydroxylation sites is 2. The van der Waals surface area contributed by atoms with Crippen LogP contribution in [-0.4, -0.2) is 17.8 Å². The van der Waals surface area contributed by atoms with Crippen molar-refractivity contribution in [2.75, 3.05) is 13.2 Å². The van der Waals surface area contributed by atoms with Crippen LogP contribution < -0.4 is 9.47 Å². The molecule has 9 rings (SSSR count). The van der Waals surface area contributed by atoms with Crippen molar-refractivity contribution in [1.82, 2.24) is 4.57 Å². The van der Waals surface area contributed by atoms with Crippen LogP contribution in [0.5, 0.6) is 11.5 Å². The van der Waals surface area contributed by atoms with Crippen molar-refractivity contribution in [1.29, 1.82) is 0 Å². The summed E-state index contributed by atoms with van der Waals surface area (Å²) in [6.07, 6.45) is 9.66. The zero-order valence-electron chi connectivity index (χ0n) is 36.8. The molecule has 4 nitrogen and oxygen atoms in total.